The second-order valence-electron chi connectivity index (χ2n) is 18.5. The van der Waals surface area contributed by atoms with Gasteiger partial charge >= 0.3 is 0 Å². The molecule has 0 amide bonds. The van der Waals surface area contributed by atoms with Gasteiger partial charge in [-0.15, -0.1) is 0 Å². The summed E-state index contributed by atoms with van der Waals surface area (Å²) in [5, 5.41) is 2.52. The molecule has 3 atom stereocenters. The minimum absolute atomic E-state index is 0.364. The van der Waals surface area contributed by atoms with Crippen molar-refractivity contribution in [1.82, 2.24) is 4.57 Å². The van der Waals surface area contributed by atoms with Crippen molar-refractivity contribution in [2.75, 3.05) is 4.90 Å². The van der Waals surface area contributed by atoms with E-state index < -0.39 is 0 Å². The Hall–Kier alpha value is -7.68. The maximum Gasteiger partial charge on any atom is 0.0691 e. The molecule has 0 saturated heterocycles. The lowest BCUT2D eigenvalue weighted by atomic mass is 9.65. The lowest BCUT2D eigenvalue weighted by Crippen LogP contribution is -2.31. The molecule has 0 aliphatic heterocycles. The first kappa shape index (κ1) is 37.8. The van der Waals surface area contributed by atoms with E-state index in [1.165, 1.54) is 94.3 Å². The van der Waals surface area contributed by atoms with Crippen molar-refractivity contribution in [2.45, 2.75) is 32.1 Å². The molecule has 0 radical (unpaired) electrons. The fourth-order valence-electron chi connectivity index (χ4n) is 12.0. The summed E-state index contributed by atoms with van der Waals surface area (Å²) in [6.07, 6.45) is 13.7. The van der Waals surface area contributed by atoms with Crippen LogP contribution in [0.3, 0.4) is 0 Å². The maximum atomic E-state index is 2.53. The predicted octanol–water partition coefficient (Wildman–Crippen LogP) is 16.6. The van der Waals surface area contributed by atoms with Gasteiger partial charge in [-0.25, -0.2) is 0 Å². The summed E-state index contributed by atoms with van der Waals surface area (Å²) in [5.41, 5.74) is 22.9. The minimum Gasteiger partial charge on any atom is -0.310 e. The van der Waals surface area contributed by atoms with Crippen molar-refractivity contribution in [3.63, 3.8) is 0 Å². The van der Waals surface area contributed by atoms with Gasteiger partial charge in [0.25, 0.3) is 0 Å². The maximum absolute atomic E-state index is 2.53. The molecular weight excluding hydrogens is 785 g/mol. The molecule has 8 aromatic carbocycles. The van der Waals surface area contributed by atoms with Crippen LogP contribution in [0.5, 0.6) is 0 Å². The molecule has 65 heavy (non-hydrogen) atoms. The molecule has 0 saturated carbocycles. The highest BCUT2D eigenvalue weighted by molar-refractivity contribution is 6.10. The van der Waals surface area contributed by atoms with Crippen molar-refractivity contribution in [1.29, 1.82) is 0 Å². The summed E-state index contributed by atoms with van der Waals surface area (Å²) >= 11 is 0. The molecule has 310 valence electrons. The first-order chi connectivity index (χ1) is 32.1. The van der Waals surface area contributed by atoms with Crippen LogP contribution in [0.25, 0.3) is 60.9 Å². The Bertz CT molecular complexity index is 3500. The molecule has 0 bridgehead atoms. The van der Waals surface area contributed by atoms with Crippen molar-refractivity contribution in [3.8, 4) is 27.9 Å². The average Bonchev–Trinajstić information content (AvgIpc) is 3.97. The second kappa shape index (κ2) is 14.7. The van der Waals surface area contributed by atoms with Crippen molar-refractivity contribution in [2.24, 2.45) is 11.8 Å². The van der Waals surface area contributed by atoms with Crippen LogP contribution in [0.2, 0.25) is 0 Å². The number of nitrogens with zero attached hydrogens (tertiary/aromatic N) is 2. The van der Waals surface area contributed by atoms with Gasteiger partial charge in [0.15, 0.2) is 0 Å². The van der Waals surface area contributed by atoms with Crippen LogP contribution in [0, 0.1) is 11.8 Å². The number of hydrogen-bond acceptors (Lipinski definition) is 1. The van der Waals surface area contributed by atoms with Gasteiger partial charge in [-0.05, 0) is 158 Å². The first-order valence-corrected chi connectivity index (χ1v) is 23.3. The molecule has 9 aromatic rings. The molecule has 1 spiro atoms. The van der Waals surface area contributed by atoms with Crippen LogP contribution < -0.4 is 4.90 Å². The van der Waals surface area contributed by atoms with Gasteiger partial charge < -0.3 is 9.47 Å². The van der Waals surface area contributed by atoms with Crippen LogP contribution in [-0.2, 0) is 5.41 Å². The lowest BCUT2D eigenvalue weighted by molar-refractivity contribution is 0.591. The van der Waals surface area contributed by atoms with Crippen LogP contribution >= 0.6 is 0 Å². The highest BCUT2D eigenvalue weighted by Crippen LogP contribution is 2.65. The van der Waals surface area contributed by atoms with Crippen LogP contribution in [0.1, 0.15) is 54.5 Å². The molecule has 1 heterocycles. The fourth-order valence-corrected chi connectivity index (χ4v) is 12.0. The van der Waals surface area contributed by atoms with Gasteiger partial charge in [0.05, 0.1) is 16.4 Å². The average molecular weight is 833 g/mol. The first-order valence-electron chi connectivity index (χ1n) is 23.3. The van der Waals surface area contributed by atoms with E-state index in [0.29, 0.717) is 11.8 Å². The highest BCUT2D eigenvalue weighted by Gasteiger charge is 2.54. The molecule has 1 aromatic heterocycles. The zero-order valence-electron chi connectivity index (χ0n) is 36.7. The number of fused-ring (bicyclic) bond motifs is 12. The molecule has 2 heteroatoms. The Morgan fingerprint density at radius 2 is 1.09 bits per heavy atom. The van der Waals surface area contributed by atoms with E-state index in [9.17, 15) is 0 Å². The van der Waals surface area contributed by atoms with E-state index in [-0.39, 0.29) is 5.41 Å². The van der Waals surface area contributed by atoms with Crippen LogP contribution in [0.15, 0.2) is 224 Å². The van der Waals surface area contributed by atoms with Crippen molar-refractivity contribution in [3.05, 3.63) is 252 Å². The number of para-hydroxylation sites is 2. The van der Waals surface area contributed by atoms with Crippen molar-refractivity contribution >= 4 is 50.0 Å². The van der Waals surface area contributed by atoms with E-state index in [1.54, 1.807) is 0 Å². The summed E-state index contributed by atoms with van der Waals surface area (Å²) in [6.45, 7) is 4.77. The Balaban J connectivity index is 0.968. The SMILES string of the molecule is CC1CC=CC=C1c1ccc(N(c2ccc(-c3ccc4c(c3)c3ccccc3n4-c3ccccc3)cc2)c2ccc3c(c2)C2(C4=C(C=CCC4C)c4ccccc42)c2ccccc2-3)cc1. The summed E-state index contributed by atoms with van der Waals surface area (Å²) in [7, 11) is 0. The van der Waals surface area contributed by atoms with Crippen LogP contribution in [-0.4, -0.2) is 4.57 Å². The van der Waals surface area contributed by atoms with E-state index in [4.69, 9.17) is 0 Å². The molecule has 0 fully saturated rings. The summed E-state index contributed by atoms with van der Waals surface area (Å²) in [4.78, 5) is 2.47. The van der Waals surface area contributed by atoms with E-state index in [2.05, 4.69) is 242 Å². The smallest absolute Gasteiger partial charge is 0.0691 e. The highest BCUT2D eigenvalue weighted by atomic mass is 15.1. The third-order valence-electron chi connectivity index (χ3n) is 14.9. The van der Waals surface area contributed by atoms with Gasteiger partial charge in [-0.3, -0.25) is 0 Å². The van der Waals surface area contributed by atoms with Crippen LogP contribution in [0.4, 0.5) is 17.1 Å². The zero-order valence-corrected chi connectivity index (χ0v) is 36.7. The van der Waals surface area contributed by atoms with Gasteiger partial charge in [0.2, 0.25) is 0 Å². The molecule has 4 aliphatic carbocycles. The number of rotatable bonds is 6. The molecule has 0 N–H and O–H groups in total. The number of benzene rings is 8. The third-order valence-corrected chi connectivity index (χ3v) is 14.9. The Morgan fingerprint density at radius 1 is 0.477 bits per heavy atom. The Morgan fingerprint density at radius 3 is 1.88 bits per heavy atom. The summed E-state index contributed by atoms with van der Waals surface area (Å²) < 4.78 is 2.38. The summed E-state index contributed by atoms with van der Waals surface area (Å²) in [5.74, 6) is 0.894. The monoisotopic (exact) mass is 832 g/mol. The summed E-state index contributed by atoms with van der Waals surface area (Å²) in [6, 6.07) is 70.6. The van der Waals surface area contributed by atoms with Gasteiger partial charge in [0.1, 0.15) is 0 Å². The standard InChI is InChI=1S/C63H48N2/c1-41-15-6-7-19-50(41)44-29-34-48(35-30-44)64(47-32-27-43(28-33-47)45-31-38-61-56(39-45)54-22-10-13-26-60(54)65(61)46-17-4-3-5-18-46)49-36-37-53-51-20-8-11-24-57(51)63(59(53)40-49)58-25-12-9-21-52(58)55-23-14-16-42(2)62(55)63/h3-14,17-42H,15-16H2,1-2H3. The fraction of sp³-hybridized carbons (Fsp3) is 0.111. The number of anilines is 3. The number of aromatic nitrogens is 1. The molecule has 2 nitrogen and oxygen atoms in total. The van der Waals surface area contributed by atoms with Crippen molar-refractivity contribution < 1.29 is 0 Å². The molecular formula is C63H48N2. The number of hydrogen-bond donors (Lipinski definition) is 0. The topological polar surface area (TPSA) is 8.17 Å². The molecule has 4 aliphatic rings. The molecule has 13 rings (SSSR count). The molecule has 3 unspecified atom stereocenters. The van der Waals surface area contributed by atoms with E-state index in [1.807, 2.05) is 0 Å². The largest absolute Gasteiger partial charge is 0.310 e. The second-order valence-corrected chi connectivity index (χ2v) is 18.5. The van der Waals surface area contributed by atoms with Gasteiger partial charge in [-0.2, -0.15) is 0 Å². The minimum atomic E-state index is -0.364. The Kier molecular flexibility index (Phi) is 8.55. The van der Waals surface area contributed by atoms with E-state index in [0.717, 1.165) is 29.9 Å². The number of allylic oxidation sites excluding steroid dienone is 8. The van der Waals surface area contributed by atoms with Gasteiger partial charge in [0, 0.05) is 33.5 Å². The predicted molar refractivity (Wildman–Crippen MR) is 273 cm³/mol. The van der Waals surface area contributed by atoms with Gasteiger partial charge in [-0.1, -0.05) is 166 Å². The lowest BCUT2D eigenvalue weighted by Gasteiger charge is -2.37. The zero-order chi connectivity index (χ0) is 43.2. The van der Waals surface area contributed by atoms with E-state index >= 15 is 0 Å². The quantitative estimate of drug-likeness (QED) is 0.162. The normalized spacial score (nSPS) is 19.1. The third kappa shape index (κ3) is 5.60. The Labute approximate surface area is 381 Å².